The average Bonchev–Trinajstić information content (AvgIpc) is 3.25. The van der Waals surface area contributed by atoms with Gasteiger partial charge in [-0.25, -0.2) is 0 Å². The van der Waals surface area contributed by atoms with Gasteiger partial charge in [0, 0.05) is 32.2 Å². The highest BCUT2D eigenvalue weighted by Gasteiger charge is 2.30. The zero-order valence-electron chi connectivity index (χ0n) is 11.7. The molecule has 2 heterocycles. The van der Waals surface area contributed by atoms with E-state index in [0.29, 0.717) is 0 Å². The molecule has 18 heavy (non-hydrogen) atoms. The number of rotatable bonds is 5. The van der Waals surface area contributed by atoms with Gasteiger partial charge in [0.1, 0.15) is 0 Å². The molecule has 0 bridgehead atoms. The summed E-state index contributed by atoms with van der Waals surface area (Å²) in [4.78, 5) is 5.40. The van der Waals surface area contributed by atoms with Crippen LogP contribution in [-0.4, -0.2) is 61.7 Å². The van der Waals surface area contributed by atoms with Gasteiger partial charge in [-0.15, -0.1) is 0 Å². The van der Waals surface area contributed by atoms with Gasteiger partial charge in [-0.3, -0.25) is 4.90 Å². The molecule has 3 aliphatic rings. The van der Waals surface area contributed by atoms with Crippen LogP contribution in [0.4, 0.5) is 0 Å². The molecule has 1 N–H and O–H groups in total. The molecule has 1 atom stereocenters. The van der Waals surface area contributed by atoms with E-state index in [2.05, 4.69) is 15.1 Å². The van der Waals surface area contributed by atoms with Gasteiger partial charge in [0.15, 0.2) is 0 Å². The number of piperazine rings is 1. The lowest BCUT2D eigenvalue weighted by molar-refractivity contribution is 0.123. The molecular weight excluding hydrogens is 222 g/mol. The molecule has 0 aromatic heterocycles. The van der Waals surface area contributed by atoms with Crippen LogP contribution in [0.5, 0.6) is 0 Å². The summed E-state index contributed by atoms with van der Waals surface area (Å²) in [5.74, 6) is 0.964. The first-order valence-corrected chi connectivity index (χ1v) is 8.09. The van der Waals surface area contributed by atoms with Gasteiger partial charge in [0.05, 0.1) is 0 Å². The summed E-state index contributed by atoms with van der Waals surface area (Å²) in [6.07, 6.45) is 8.64. The summed E-state index contributed by atoms with van der Waals surface area (Å²) in [7, 11) is 0. The van der Waals surface area contributed by atoms with Crippen LogP contribution >= 0.6 is 0 Å². The smallest absolute Gasteiger partial charge is 0.0113 e. The lowest BCUT2D eigenvalue weighted by Crippen LogP contribution is -2.47. The predicted molar refractivity (Wildman–Crippen MR) is 75.9 cm³/mol. The van der Waals surface area contributed by atoms with Gasteiger partial charge in [0.2, 0.25) is 0 Å². The van der Waals surface area contributed by atoms with Crippen molar-refractivity contribution < 1.29 is 0 Å². The summed E-state index contributed by atoms with van der Waals surface area (Å²) in [6.45, 7) is 9.16. The first-order chi connectivity index (χ1) is 8.92. The molecule has 2 aliphatic heterocycles. The van der Waals surface area contributed by atoms with E-state index in [0.717, 1.165) is 12.0 Å². The maximum absolute atomic E-state index is 3.53. The predicted octanol–water partition coefficient (Wildman–Crippen LogP) is 1.55. The number of nitrogens with zero attached hydrogens (tertiary/aromatic N) is 2. The van der Waals surface area contributed by atoms with E-state index in [4.69, 9.17) is 0 Å². The Morgan fingerprint density at radius 2 is 1.83 bits per heavy atom. The van der Waals surface area contributed by atoms with Crippen LogP contribution in [0.3, 0.4) is 0 Å². The highest BCUT2D eigenvalue weighted by Crippen LogP contribution is 2.27. The molecule has 1 unspecified atom stereocenters. The highest BCUT2D eigenvalue weighted by atomic mass is 15.3. The number of piperidine rings is 1. The number of nitrogens with one attached hydrogen (secondary N) is 1. The van der Waals surface area contributed by atoms with Crippen LogP contribution in [0.25, 0.3) is 0 Å². The van der Waals surface area contributed by atoms with Gasteiger partial charge < -0.3 is 10.2 Å². The van der Waals surface area contributed by atoms with Crippen LogP contribution < -0.4 is 5.32 Å². The molecule has 3 rings (SSSR count). The second-order valence-corrected chi connectivity index (χ2v) is 6.46. The van der Waals surface area contributed by atoms with Crippen molar-refractivity contribution in [2.45, 2.75) is 44.6 Å². The molecule has 0 aromatic carbocycles. The summed E-state index contributed by atoms with van der Waals surface area (Å²) in [6, 6.07) is 0.973. The summed E-state index contributed by atoms with van der Waals surface area (Å²) < 4.78 is 0. The van der Waals surface area contributed by atoms with Crippen LogP contribution in [0.1, 0.15) is 38.5 Å². The molecule has 0 spiro atoms. The van der Waals surface area contributed by atoms with Gasteiger partial charge in [-0.05, 0) is 64.1 Å². The van der Waals surface area contributed by atoms with E-state index in [1.807, 2.05) is 0 Å². The number of hydrogen-bond acceptors (Lipinski definition) is 3. The van der Waals surface area contributed by atoms with Crippen molar-refractivity contribution in [1.82, 2.24) is 15.1 Å². The lowest BCUT2D eigenvalue weighted by Gasteiger charge is -2.35. The quantitative estimate of drug-likeness (QED) is 0.800. The van der Waals surface area contributed by atoms with Gasteiger partial charge >= 0.3 is 0 Å². The standard InChI is InChI=1S/C15H29N3/c1-3-14(13-16-7-1)4-2-8-17-9-11-18(12-10-17)15-5-6-15/h14-16H,1-13H2. The fraction of sp³-hybridized carbons (Fsp3) is 1.00. The molecule has 1 saturated carbocycles. The SMILES string of the molecule is C1CNCC(CCCN2CCN(C3CC3)CC2)C1. The third-order valence-electron chi connectivity index (χ3n) is 4.96. The fourth-order valence-corrected chi connectivity index (χ4v) is 3.57. The molecule has 1 aliphatic carbocycles. The molecule has 3 heteroatoms. The minimum absolute atomic E-state index is 0.964. The van der Waals surface area contributed by atoms with Crippen molar-refractivity contribution in [3.8, 4) is 0 Å². The number of hydrogen-bond donors (Lipinski definition) is 1. The molecule has 3 fully saturated rings. The van der Waals surface area contributed by atoms with Crippen LogP contribution in [0.2, 0.25) is 0 Å². The Morgan fingerprint density at radius 3 is 2.50 bits per heavy atom. The average molecular weight is 251 g/mol. The Balaban J connectivity index is 1.27. The first-order valence-electron chi connectivity index (χ1n) is 8.09. The summed E-state index contributed by atoms with van der Waals surface area (Å²) >= 11 is 0. The molecular formula is C15H29N3. The van der Waals surface area contributed by atoms with Gasteiger partial charge in [0.25, 0.3) is 0 Å². The molecule has 104 valence electrons. The minimum Gasteiger partial charge on any atom is -0.316 e. The van der Waals surface area contributed by atoms with Crippen LogP contribution in [-0.2, 0) is 0 Å². The molecule has 0 amide bonds. The Kier molecular flexibility index (Phi) is 4.55. The van der Waals surface area contributed by atoms with E-state index in [-0.39, 0.29) is 0 Å². The summed E-state index contributed by atoms with van der Waals surface area (Å²) in [5, 5.41) is 3.53. The van der Waals surface area contributed by atoms with Crippen molar-refractivity contribution >= 4 is 0 Å². The van der Waals surface area contributed by atoms with Crippen LogP contribution in [0.15, 0.2) is 0 Å². The van der Waals surface area contributed by atoms with Crippen LogP contribution in [0, 0.1) is 5.92 Å². The van der Waals surface area contributed by atoms with Gasteiger partial charge in [-0.1, -0.05) is 0 Å². The van der Waals surface area contributed by atoms with E-state index < -0.39 is 0 Å². The second kappa shape index (κ2) is 6.36. The van der Waals surface area contributed by atoms with Crippen molar-refractivity contribution in [2.75, 3.05) is 45.8 Å². The molecule has 3 nitrogen and oxygen atoms in total. The first kappa shape index (κ1) is 12.9. The topological polar surface area (TPSA) is 18.5 Å². The Labute approximate surface area is 112 Å². The minimum atomic E-state index is 0.964. The molecule has 0 aromatic rings. The maximum atomic E-state index is 3.53. The van der Waals surface area contributed by atoms with Crippen molar-refractivity contribution in [3.05, 3.63) is 0 Å². The maximum Gasteiger partial charge on any atom is 0.0113 e. The monoisotopic (exact) mass is 251 g/mol. The largest absolute Gasteiger partial charge is 0.316 e. The highest BCUT2D eigenvalue weighted by molar-refractivity contribution is 4.87. The van der Waals surface area contributed by atoms with Crippen molar-refractivity contribution in [3.63, 3.8) is 0 Å². The summed E-state index contributed by atoms with van der Waals surface area (Å²) in [5.41, 5.74) is 0. The molecule has 2 saturated heterocycles. The Morgan fingerprint density at radius 1 is 1.00 bits per heavy atom. The second-order valence-electron chi connectivity index (χ2n) is 6.46. The van der Waals surface area contributed by atoms with E-state index in [1.54, 1.807) is 0 Å². The molecule has 0 radical (unpaired) electrons. The van der Waals surface area contributed by atoms with Gasteiger partial charge in [-0.2, -0.15) is 0 Å². The third-order valence-corrected chi connectivity index (χ3v) is 4.96. The zero-order chi connectivity index (χ0) is 12.2. The van der Waals surface area contributed by atoms with E-state index >= 15 is 0 Å². The zero-order valence-corrected chi connectivity index (χ0v) is 11.7. The Bertz CT molecular complexity index is 238. The van der Waals surface area contributed by atoms with E-state index in [9.17, 15) is 0 Å². The normalized spacial score (nSPS) is 31.7. The lowest BCUT2D eigenvalue weighted by atomic mass is 9.94. The Hall–Kier alpha value is -0.120. The van der Waals surface area contributed by atoms with Crippen molar-refractivity contribution in [1.29, 1.82) is 0 Å². The van der Waals surface area contributed by atoms with Crippen molar-refractivity contribution in [2.24, 2.45) is 5.92 Å². The third kappa shape index (κ3) is 3.69. The van der Waals surface area contributed by atoms with E-state index in [1.165, 1.54) is 84.3 Å². The fourth-order valence-electron chi connectivity index (χ4n) is 3.57.